The molecule has 0 atom stereocenters. The summed E-state index contributed by atoms with van der Waals surface area (Å²) in [6, 6.07) is 6.41. The number of halogens is 3. The smallest absolute Gasteiger partial charge is 0.229 e. The highest BCUT2D eigenvalue weighted by Gasteiger charge is 2.15. The Labute approximate surface area is 187 Å². The summed E-state index contributed by atoms with van der Waals surface area (Å²) in [6.07, 6.45) is 2.26. The Morgan fingerprint density at radius 3 is 2.38 bits per heavy atom. The van der Waals surface area contributed by atoms with Gasteiger partial charge in [0.05, 0.1) is 43.7 Å². The van der Waals surface area contributed by atoms with Crippen molar-refractivity contribution in [3.05, 3.63) is 53.2 Å². The van der Waals surface area contributed by atoms with Crippen LogP contribution in [0.15, 0.2) is 36.5 Å². The molecule has 0 aliphatic carbocycles. The van der Waals surface area contributed by atoms with E-state index in [-0.39, 0.29) is 33.9 Å². The minimum absolute atomic E-state index is 0.0596. The number of sulfonamides is 1. The molecule has 0 saturated carbocycles. The first kappa shape index (κ1) is 23.3. The Hall–Kier alpha value is -3.38. The van der Waals surface area contributed by atoms with Gasteiger partial charge in [0.2, 0.25) is 16.0 Å². The van der Waals surface area contributed by atoms with Gasteiger partial charge in [0.25, 0.3) is 0 Å². The van der Waals surface area contributed by atoms with Crippen LogP contribution in [0.2, 0.25) is 5.02 Å². The van der Waals surface area contributed by atoms with Gasteiger partial charge in [-0.1, -0.05) is 11.6 Å². The Kier molecular flexibility index (Phi) is 6.84. The fourth-order valence-corrected chi connectivity index (χ4v) is 3.29. The molecule has 2 aromatic carbocycles. The maximum absolute atomic E-state index is 14.1. The van der Waals surface area contributed by atoms with Gasteiger partial charge in [0.1, 0.15) is 16.6 Å². The molecule has 32 heavy (non-hydrogen) atoms. The fourth-order valence-electron chi connectivity index (χ4n) is 2.59. The maximum Gasteiger partial charge on any atom is 0.229 e. The first-order valence-electron chi connectivity index (χ1n) is 8.85. The number of ether oxygens (including phenoxy) is 2. The summed E-state index contributed by atoms with van der Waals surface area (Å²) in [5.41, 5.74) is 0.378. The van der Waals surface area contributed by atoms with E-state index in [1.54, 1.807) is 12.1 Å². The van der Waals surface area contributed by atoms with Gasteiger partial charge in [-0.15, -0.1) is 0 Å². The van der Waals surface area contributed by atoms with Crippen molar-refractivity contribution in [3.63, 3.8) is 0 Å². The number of rotatable bonds is 8. The third-order valence-corrected chi connectivity index (χ3v) is 4.87. The van der Waals surface area contributed by atoms with E-state index >= 15 is 0 Å². The predicted molar refractivity (Wildman–Crippen MR) is 118 cm³/mol. The molecule has 3 rings (SSSR count). The van der Waals surface area contributed by atoms with E-state index in [2.05, 4.69) is 25.3 Å². The molecule has 13 heteroatoms. The van der Waals surface area contributed by atoms with Gasteiger partial charge in [-0.05, 0) is 12.1 Å². The van der Waals surface area contributed by atoms with Gasteiger partial charge >= 0.3 is 0 Å². The molecule has 0 fully saturated rings. The molecular formula is C19H18ClF2N5O4S. The number of aromatic nitrogens is 2. The van der Waals surface area contributed by atoms with Crippen molar-refractivity contribution in [3.8, 4) is 11.5 Å². The van der Waals surface area contributed by atoms with Crippen LogP contribution in [-0.4, -0.2) is 38.9 Å². The second kappa shape index (κ2) is 9.40. The molecule has 1 aromatic heterocycles. The van der Waals surface area contributed by atoms with Crippen LogP contribution in [0.4, 0.5) is 37.6 Å². The standard InChI is InChI=1S/C19H18ClF2N5O4S/c1-30-10-4-5-14(16(6-10)27-32(3,28)29)24-18-11(20)9-23-19(26-18)25-15-8-17(31-2)13(22)7-12(15)21/h4-9,27H,1-3H3,(H2,23,24,25,26). The van der Waals surface area contributed by atoms with Gasteiger partial charge in [0, 0.05) is 18.2 Å². The van der Waals surface area contributed by atoms with Crippen molar-refractivity contribution >= 4 is 50.5 Å². The molecule has 9 nitrogen and oxygen atoms in total. The average Bonchev–Trinajstić information content (AvgIpc) is 2.72. The van der Waals surface area contributed by atoms with Crippen molar-refractivity contribution in [1.82, 2.24) is 9.97 Å². The van der Waals surface area contributed by atoms with E-state index in [4.69, 9.17) is 21.1 Å². The lowest BCUT2D eigenvalue weighted by molar-refractivity contribution is 0.384. The number of anilines is 5. The Bertz CT molecular complexity index is 1260. The highest BCUT2D eigenvalue weighted by Crippen LogP contribution is 2.33. The highest BCUT2D eigenvalue weighted by atomic mass is 35.5. The number of methoxy groups -OCH3 is 2. The minimum Gasteiger partial charge on any atom is -0.497 e. The van der Waals surface area contributed by atoms with Crippen molar-refractivity contribution in [2.75, 3.05) is 35.8 Å². The molecule has 0 aliphatic rings. The Morgan fingerprint density at radius 1 is 0.969 bits per heavy atom. The molecule has 3 N–H and O–H groups in total. The number of nitrogens with one attached hydrogen (secondary N) is 3. The monoisotopic (exact) mass is 485 g/mol. The highest BCUT2D eigenvalue weighted by molar-refractivity contribution is 7.92. The predicted octanol–water partition coefficient (Wildman–Crippen LogP) is 4.28. The lowest BCUT2D eigenvalue weighted by atomic mass is 10.2. The summed E-state index contributed by atoms with van der Waals surface area (Å²) in [5.74, 6) is -1.46. The number of hydrogen-bond donors (Lipinski definition) is 3. The minimum atomic E-state index is -3.60. The summed E-state index contributed by atoms with van der Waals surface area (Å²) in [4.78, 5) is 8.16. The van der Waals surface area contributed by atoms with E-state index in [1.165, 1.54) is 26.5 Å². The molecule has 0 spiro atoms. The van der Waals surface area contributed by atoms with Gasteiger partial charge < -0.3 is 20.1 Å². The number of hydrogen-bond acceptors (Lipinski definition) is 8. The molecule has 0 bridgehead atoms. The molecule has 3 aromatic rings. The van der Waals surface area contributed by atoms with Gasteiger partial charge in [0.15, 0.2) is 17.4 Å². The molecule has 0 saturated heterocycles. The molecule has 1 heterocycles. The summed E-state index contributed by atoms with van der Waals surface area (Å²) >= 11 is 6.17. The molecule has 0 amide bonds. The van der Waals surface area contributed by atoms with Crippen molar-refractivity contribution in [2.24, 2.45) is 0 Å². The van der Waals surface area contributed by atoms with Gasteiger partial charge in [-0.2, -0.15) is 4.98 Å². The fraction of sp³-hybridized carbons (Fsp3) is 0.158. The zero-order valence-electron chi connectivity index (χ0n) is 17.0. The van der Waals surface area contributed by atoms with Crippen LogP contribution in [0.25, 0.3) is 0 Å². The molecule has 0 aliphatic heterocycles. The normalized spacial score (nSPS) is 11.1. The first-order valence-corrected chi connectivity index (χ1v) is 11.1. The van der Waals surface area contributed by atoms with Crippen LogP contribution in [0, 0.1) is 11.6 Å². The summed E-state index contributed by atoms with van der Waals surface area (Å²) in [7, 11) is -0.911. The molecule has 0 unspecified atom stereocenters. The molecular weight excluding hydrogens is 468 g/mol. The van der Waals surface area contributed by atoms with Crippen LogP contribution in [0.3, 0.4) is 0 Å². The SMILES string of the molecule is COc1ccc(Nc2nc(Nc3cc(OC)c(F)cc3F)ncc2Cl)c(NS(C)(=O)=O)c1. The van der Waals surface area contributed by atoms with Crippen LogP contribution >= 0.6 is 11.6 Å². The maximum atomic E-state index is 14.1. The van der Waals surface area contributed by atoms with E-state index in [1.807, 2.05) is 0 Å². The molecule has 0 radical (unpaired) electrons. The summed E-state index contributed by atoms with van der Waals surface area (Å²) in [5, 5.41) is 5.63. The summed E-state index contributed by atoms with van der Waals surface area (Å²) in [6.45, 7) is 0. The number of nitrogens with zero attached hydrogens (tertiary/aromatic N) is 2. The van der Waals surface area contributed by atoms with Gasteiger partial charge in [-0.3, -0.25) is 4.72 Å². The van der Waals surface area contributed by atoms with E-state index in [9.17, 15) is 17.2 Å². The van der Waals surface area contributed by atoms with Crippen LogP contribution < -0.4 is 24.8 Å². The quantitative estimate of drug-likeness (QED) is 0.433. The lowest BCUT2D eigenvalue weighted by Crippen LogP contribution is -2.11. The van der Waals surface area contributed by atoms with Crippen LogP contribution in [0.5, 0.6) is 11.5 Å². The van der Waals surface area contributed by atoms with Gasteiger partial charge in [-0.25, -0.2) is 22.2 Å². The van der Waals surface area contributed by atoms with Crippen LogP contribution in [-0.2, 0) is 10.0 Å². The van der Waals surface area contributed by atoms with Crippen molar-refractivity contribution in [1.29, 1.82) is 0 Å². The Balaban J connectivity index is 1.94. The zero-order chi connectivity index (χ0) is 23.5. The Morgan fingerprint density at radius 2 is 1.72 bits per heavy atom. The van der Waals surface area contributed by atoms with E-state index in [0.717, 1.165) is 12.3 Å². The average molecular weight is 486 g/mol. The second-order valence-electron chi connectivity index (χ2n) is 6.39. The lowest BCUT2D eigenvalue weighted by Gasteiger charge is -2.15. The van der Waals surface area contributed by atoms with E-state index in [0.29, 0.717) is 17.5 Å². The van der Waals surface area contributed by atoms with Crippen LogP contribution in [0.1, 0.15) is 0 Å². The largest absolute Gasteiger partial charge is 0.497 e. The third-order valence-electron chi connectivity index (χ3n) is 4.01. The topological polar surface area (TPSA) is 114 Å². The first-order chi connectivity index (χ1) is 15.1. The van der Waals surface area contributed by atoms with E-state index < -0.39 is 21.7 Å². The zero-order valence-corrected chi connectivity index (χ0v) is 18.6. The third kappa shape index (κ3) is 5.65. The summed E-state index contributed by atoms with van der Waals surface area (Å²) < 4.78 is 63.6. The van der Waals surface area contributed by atoms with Crippen molar-refractivity contribution < 1.29 is 26.7 Å². The van der Waals surface area contributed by atoms with Crippen molar-refractivity contribution in [2.45, 2.75) is 0 Å². The number of benzene rings is 2. The molecule has 170 valence electrons. The second-order valence-corrected chi connectivity index (χ2v) is 8.55.